The molecule has 106 valence electrons. The molecule has 0 aliphatic rings. The van der Waals surface area contributed by atoms with Gasteiger partial charge in [-0.3, -0.25) is 0 Å². The van der Waals surface area contributed by atoms with Crippen molar-refractivity contribution in [2.75, 3.05) is 0 Å². The predicted molar refractivity (Wildman–Crippen MR) is 75.9 cm³/mol. The Morgan fingerprint density at radius 1 is 0.950 bits per heavy atom. The minimum Gasteiger partial charge on any atom is -0.384 e. The number of aliphatic hydroxyl groups is 1. The topological polar surface area (TPSA) is 20.2 Å². The summed E-state index contributed by atoms with van der Waals surface area (Å²) in [5.74, 6) is 0. The van der Waals surface area contributed by atoms with Crippen molar-refractivity contribution in [3.05, 3.63) is 70.8 Å². The molecule has 1 N–H and O–H groups in total. The molecule has 1 nitrogen and oxygen atoms in total. The van der Waals surface area contributed by atoms with Gasteiger partial charge in [-0.05, 0) is 29.2 Å². The molecule has 0 amide bonds. The minimum atomic E-state index is -2.52. The fourth-order valence-electron chi connectivity index (χ4n) is 2.21. The third-order valence-electron chi connectivity index (χ3n) is 3.31. The van der Waals surface area contributed by atoms with E-state index in [4.69, 9.17) is 0 Å². The van der Waals surface area contributed by atoms with E-state index >= 15 is 0 Å². The summed E-state index contributed by atoms with van der Waals surface area (Å²) in [5, 5.41) is 10.3. The molecular weight excluding hydrogens is 258 g/mol. The molecule has 1 unspecified atom stereocenters. The van der Waals surface area contributed by atoms with Gasteiger partial charge < -0.3 is 5.11 Å². The molecule has 0 bridgehead atoms. The highest BCUT2D eigenvalue weighted by Gasteiger charge is 2.13. The zero-order valence-corrected chi connectivity index (χ0v) is 11.4. The third kappa shape index (κ3) is 3.42. The second kappa shape index (κ2) is 6.62. The first-order valence-corrected chi connectivity index (χ1v) is 6.76. The standard InChI is InChI=1S/C17H18F2O/c1-2-4-12-7-9-13(10-8-12)16(20)14-5-3-6-15(11-14)17(18)19/h3,5-11,16-17,20H,2,4H2,1H3. The molecule has 0 spiro atoms. The van der Waals surface area contributed by atoms with Gasteiger partial charge in [0.2, 0.25) is 0 Å². The summed E-state index contributed by atoms with van der Waals surface area (Å²) in [5.41, 5.74) is 2.36. The molecule has 20 heavy (non-hydrogen) atoms. The lowest BCUT2D eigenvalue weighted by atomic mass is 9.98. The van der Waals surface area contributed by atoms with Crippen LogP contribution in [0.25, 0.3) is 0 Å². The number of halogens is 2. The van der Waals surface area contributed by atoms with E-state index in [0.29, 0.717) is 5.56 Å². The van der Waals surface area contributed by atoms with Gasteiger partial charge in [0.1, 0.15) is 6.10 Å². The van der Waals surface area contributed by atoms with E-state index in [0.717, 1.165) is 18.4 Å². The summed E-state index contributed by atoms with van der Waals surface area (Å²) in [4.78, 5) is 0. The van der Waals surface area contributed by atoms with Crippen LogP contribution in [-0.2, 0) is 6.42 Å². The molecule has 0 radical (unpaired) electrons. The van der Waals surface area contributed by atoms with Crippen LogP contribution in [-0.4, -0.2) is 5.11 Å². The fourth-order valence-corrected chi connectivity index (χ4v) is 2.21. The minimum absolute atomic E-state index is 0.0656. The van der Waals surface area contributed by atoms with E-state index < -0.39 is 12.5 Å². The molecule has 2 aromatic rings. The number of hydrogen-bond donors (Lipinski definition) is 1. The van der Waals surface area contributed by atoms with Gasteiger partial charge in [-0.25, -0.2) is 8.78 Å². The van der Waals surface area contributed by atoms with Gasteiger partial charge in [0.25, 0.3) is 6.43 Å². The Morgan fingerprint density at radius 2 is 1.60 bits per heavy atom. The van der Waals surface area contributed by atoms with Crippen molar-refractivity contribution in [1.29, 1.82) is 0 Å². The summed E-state index contributed by atoms with van der Waals surface area (Å²) in [7, 11) is 0. The number of aryl methyl sites for hydroxylation is 1. The average Bonchev–Trinajstić information content (AvgIpc) is 2.48. The lowest BCUT2D eigenvalue weighted by Crippen LogP contribution is -2.01. The van der Waals surface area contributed by atoms with Crippen LogP contribution in [0, 0.1) is 0 Å². The van der Waals surface area contributed by atoms with Crippen molar-refractivity contribution < 1.29 is 13.9 Å². The van der Waals surface area contributed by atoms with Crippen LogP contribution >= 0.6 is 0 Å². The number of alkyl halides is 2. The maximum absolute atomic E-state index is 12.7. The lowest BCUT2D eigenvalue weighted by Gasteiger charge is -2.13. The van der Waals surface area contributed by atoms with Crippen LogP contribution in [0.5, 0.6) is 0 Å². The zero-order valence-electron chi connectivity index (χ0n) is 11.4. The predicted octanol–water partition coefficient (Wildman–Crippen LogP) is 4.66. The molecular formula is C17H18F2O. The number of hydrogen-bond acceptors (Lipinski definition) is 1. The Labute approximate surface area is 117 Å². The van der Waals surface area contributed by atoms with Crippen molar-refractivity contribution in [2.24, 2.45) is 0 Å². The molecule has 0 heterocycles. The Hall–Kier alpha value is -1.74. The normalized spacial score (nSPS) is 12.7. The van der Waals surface area contributed by atoms with Crippen molar-refractivity contribution in [3.63, 3.8) is 0 Å². The average molecular weight is 276 g/mol. The smallest absolute Gasteiger partial charge is 0.263 e. The van der Waals surface area contributed by atoms with Crippen LogP contribution in [0.2, 0.25) is 0 Å². The monoisotopic (exact) mass is 276 g/mol. The van der Waals surface area contributed by atoms with E-state index in [1.54, 1.807) is 12.1 Å². The van der Waals surface area contributed by atoms with E-state index in [9.17, 15) is 13.9 Å². The third-order valence-corrected chi connectivity index (χ3v) is 3.31. The molecule has 1 atom stereocenters. The van der Waals surface area contributed by atoms with Crippen molar-refractivity contribution in [1.82, 2.24) is 0 Å². The maximum Gasteiger partial charge on any atom is 0.263 e. The van der Waals surface area contributed by atoms with E-state index in [1.165, 1.54) is 17.7 Å². The highest BCUT2D eigenvalue weighted by molar-refractivity contribution is 5.34. The Morgan fingerprint density at radius 3 is 2.20 bits per heavy atom. The summed E-state index contributed by atoms with van der Waals surface area (Å²) < 4.78 is 25.3. The molecule has 0 aliphatic heterocycles. The molecule has 2 rings (SSSR count). The van der Waals surface area contributed by atoms with E-state index in [-0.39, 0.29) is 5.56 Å². The van der Waals surface area contributed by atoms with E-state index in [1.807, 2.05) is 24.3 Å². The lowest BCUT2D eigenvalue weighted by molar-refractivity contribution is 0.150. The molecule has 2 aromatic carbocycles. The molecule has 0 aromatic heterocycles. The molecule has 0 fully saturated rings. The summed E-state index contributed by atoms with van der Waals surface area (Å²) >= 11 is 0. The Bertz CT molecular complexity index is 549. The Balaban J connectivity index is 2.21. The van der Waals surface area contributed by atoms with Gasteiger partial charge in [-0.15, -0.1) is 0 Å². The van der Waals surface area contributed by atoms with Gasteiger partial charge in [0.05, 0.1) is 0 Å². The number of aliphatic hydroxyl groups excluding tert-OH is 1. The number of rotatable bonds is 5. The number of benzene rings is 2. The molecule has 0 saturated heterocycles. The fraction of sp³-hybridized carbons (Fsp3) is 0.294. The summed E-state index contributed by atoms with van der Waals surface area (Å²) in [6, 6.07) is 13.6. The van der Waals surface area contributed by atoms with Gasteiger partial charge >= 0.3 is 0 Å². The largest absolute Gasteiger partial charge is 0.384 e. The van der Waals surface area contributed by atoms with Crippen LogP contribution in [0.4, 0.5) is 8.78 Å². The summed E-state index contributed by atoms with van der Waals surface area (Å²) in [6.07, 6.45) is -1.33. The first-order valence-electron chi connectivity index (χ1n) is 6.76. The van der Waals surface area contributed by atoms with Crippen LogP contribution in [0.3, 0.4) is 0 Å². The van der Waals surface area contributed by atoms with Crippen LogP contribution in [0.15, 0.2) is 48.5 Å². The van der Waals surface area contributed by atoms with Crippen LogP contribution in [0.1, 0.15) is 48.1 Å². The van der Waals surface area contributed by atoms with E-state index in [2.05, 4.69) is 6.92 Å². The first kappa shape index (κ1) is 14.7. The van der Waals surface area contributed by atoms with Gasteiger partial charge in [0, 0.05) is 5.56 Å². The highest BCUT2D eigenvalue weighted by Crippen LogP contribution is 2.26. The highest BCUT2D eigenvalue weighted by atomic mass is 19.3. The van der Waals surface area contributed by atoms with Crippen molar-refractivity contribution in [3.8, 4) is 0 Å². The first-order chi connectivity index (χ1) is 9.61. The quantitative estimate of drug-likeness (QED) is 0.842. The second-order valence-electron chi connectivity index (χ2n) is 4.86. The van der Waals surface area contributed by atoms with Crippen molar-refractivity contribution >= 4 is 0 Å². The summed E-state index contributed by atoms with van der Waals surface area (Å²) in [6.45, 7) is 2.11. The second-order valence-corrected chi connectivity index (χ2v) is 4.86. The van der Waals surface area contributed by atoms with Gasteiger partial charge in [-0.2, -0.15) is 0 Å². The van der Waals surface area contributed by atoms with Crippen LogP contribution < -0.4 is 0 Å². The molecule has 3 heteroatoms. The Kier molecular flexibility index (Phi) is 4.85. The zero-order chi connectivity index (χ0) is 14.5. The molecule has 0 aliphatic carbocycles. The van der Waals surface area contributed by atoms with Crippen molar-refractivity contribution in [2.45, 2.75) is 32.3 Å². The molecule has 0 saturated carbocycles. The SMILES string of the molecule is CCCc1ccc(C(O)c2cccc(C(F)F)c2)cc1. The maximum atomic E-state index is 12.7. The van der Waals surface area contributed by atoms with Gasteiger partial charge in [0.15, 0.2) is 0 Å². The van der Waals surface area contributed by atoms with Gasteiger partial charge in [-0.1, -0.05) is 55.8 Å².